The van der Waals surface area contributed by atoms with Crippen molar-refractivity contribution in [2.75, 3.05) is 7.11 Å². The quantitative estimate of drug-likeness (QED) is 0.767. The zero-order valence-corrected chi connectivity index (χ0v) is 12.1. The molecule has 2 amide bonds. The van der Waals surface area contributed by atoms with E-state index in [2.05, 4.69) is 15.4 Å². The fourth-order valence-corrected chi connectivity index (χ4v) is 2.32. The highest BCUT2D eigenvalue weighted by atomic mass is 19.1. The monoisotopic (exact) mass is 308 g/mol. The first-order chi connectivity index (χ1) is 10.5. The Labute approximate surface area is 127 Å². The van der Waals surface area contributed by atoms with Gasteiger partial charge in [-0.15, -0.1) is 0 Å². The Morgan fingerprint density at radius 3 is 2.86 bits per heavy atom. The molecule has 118 valence electrons. The number of amides is 2. The van der Waals surface area contributed by atoms with Gasteiger partial charge in [-0.3, -0.25) is 9.59 Å². The summed E-state index contributed by atoms with van der Waals surface area (Å²) in [5.41, 5.74) is 0.561. The molecule has 1 fully saturated rings. The number of nitrogens with one attached hydrogen (secondary N) is 2. The van der Waals surface area contributed by atoms with E-state index in [0.717, 1.165) is 0 Å². The number of esters is 1. The maximum absolute atomic E-state index is 13.2. The third-order valence-electron chi connectivity index (χ3n) is 3.44. The van der Waals surface area contributed by atoms with E-state index in [1.807, 2.05) is 0 Å². The molecule has 0 bridgehead atoms. The van der Waals surface area contributed by atoms with Crippen LogP contribution in [0.2, 0.25) is 0 Å². The summed E-state index contributed by atoms with van der Waals surface area (Å²) in [4.78, 5) is 35.0. The summed E-state index contributed by atoms with van der Waals surface area (Å²) >= 11 is 0. The Balaban J connectivity index is 2.04. The lowest BCUT2D eigenvalue weighted by Crippen LogP contribution is -2.50. The molecule has 0 saturated carbocycles. The van der Waals surface area contributed by atoms with Gasteiger partial charge in [-0.25, -0.2) is 9.18 Å². The standard InChI is InChI=1S/C15H17FN2O4/c1-22-15(21)12(8-9-3-2-4-10(16)7-9)18-14(20)11-5-6-13(19)17-11/h2-4,7,11-12H,5-6,8H2,1H3,(H,17,19)(H,18,20)/t11-,12+/m1/s1. The molecular weight excluding hydrogens is 291 g/mol. The van der Waals surface area contributed by atoms with Crippen molar-refractivity contribution in [3.8, 4) is 0 Å². The molecule has 0 radical (unpaired) electrons. The minimum atomic E-state index is -0.934. The number of rotatable bonds is 5. The fourth-order valence-electron chi connectivity index (χ4n) is 2.32. The lowest BCUT2D eigenvalue weighted by molar-refractivity contribution is -0.145. The third kappa shape index (κ3) is 4.03. The molecule has 7 heteroatoms. The van der Waals surface area contributed by atoms with Crippen LogP contribution in [0.5, 0.6) is 0 Å². The van der Waals surface area contributed by atoms with Crippen molar-refractivity contribution in [3.05, 3.63) is 35.6 Å². The van der Waals surface area contributed by atoms with Crippen LogP contribution in [0.4, 0.5) is 4.39 Å². The molecule has 0 unspecified atom stereocenters. The average molecular weight is 308 g/mol. The predicted octanol–water partition coefficient (Wildman–Crippen LogP) is 0.305. The van der Waals surface area contributed by atoms with Gasteiger partial charge in [0, 0.05) is 12.8 Å². The van der Waals surface area contributed by atoms with Crippen LogP contribution in [0.15, 0.2) is 24.3 Å². The maximum Gasteiger partial charge on any atom is 0.328 e. The van der Waals surface area contributed by atoms with Crippen LogP contribution in [-0.4, -0.2) is 37.0 Å². The molecule has 1 aliphatic heterocycles. The van der Waals surface area contributed by atoms with Gasteiger partial charge in [0.2, 0.25) is 11.8 Å². The Morgan fingerprint density at radius 1 is 1.50 bits per heavy atom. The van der Waals surface area contributed by atoms with E-state index < -0.39 is 29.8 Å². The van der Waals surface area contributed by atoms with Gasteiger partial charge in [0.25, 0.3) is 0 Å². The summed E-state index contributed by atoms with van der Waals surface area (Å²) in [6.45, 7) is 0. The van der Waals surface area contributed by atoms with Crippen molar-refractivity contribution in [2.45, 2.75) is 31.3 Å². The molecule has 1 aromatic carbocycles. The smallest absolute Gasteiger partial charge is 0.328 e. The van der Waals surface area contributed by atoms with E-state index in [1.165, 1.54) is 25.3 Å². The first kappa shape index (κ1) is 15.9. The summed E-state index contributed by atoms with van der Waals surface area (Å²) in [7, 11) is 1.21. The summed E-state index contributed by atoms with van der Waals surface area (Å²) in [5.74, 6) is -1.69. The molecule has 1 saturated heterocycles. The predicted molar refractivity (Wildman–Crippen MR) is 75.2 cm³/mol. The number of hydrogen-bond acceptors (Lipinski definition) is 4. The second kappa shape index (κ2) is 7.02. The van der Waals surface area contributed by atoms with Crippen LogP contribution in [0, 0.1) is 5.82 Å². The third-order valence-corrected chi connectivity index (χ3v) is 3.44. The zero-order chi connectivity index (χ0) is 16.1. The highest BCUT2D eigenvalue weighted by Gasteiger charge is 2.30. The number of hydrogen-bond donors (Lipinski definition) is 2. The molecule has 0 aliphatic carbocycles. The van der Waals surface area contributed by atoms with Crippen LogP contribution in [-0.2, 0) is 25.5 Å². The minimum absolute atomic E-state index is 0.108. The SMILES string of the molecule is COC(=O)[C@H](Cc1cccc(F)c1)NC(=O)[C@H]1CCC(=O)N1. The molecule has 1 heterocycles. The molecule has 22 heavy (non-hydrogen) atoms. The van der Waals surface area contributed by atoms with Gasteiger partial charge in [-0.1, -0.05) is 12.1 Å². The van der Waals surface area contributed by atoms with Crippen LogP contribution < -0.4 is 10.6 Å². The number of ether oxygens (including phenoxy) is 1. The first-order valence-electron chi connectivity index (χ1n) is 6.91. The van der Waals surface area contributed by atoms with Crippen molar-refractivity contribution in [1.29, 1.82) is 0 Å². The van der Waals surface area contributed by atoms with E-state index in [4.69, 9.17) is 0 Å². The van der Waals surface area contributed by atoms with Gasteiger partial charge in [-0.05, 0) is 24.1 Å². The first-order valence-corrected chi connectivity index (χ1v) is 6.91. The van der Waals surface area contributed by atoms with Gasteiger partial charge >= 0.3 is 5.97 Å². The van der Waals surface area contributed by atoms with E-state index in [9.17, 15) is 18.8 Å². The van der Waals surface area contributed by atoms with Gasteiger partial charge in [-0.2, -0.15) is 0 Å². The Bertz CT molecular complexity index is 591. The van der Waals surface area contributed by atoms with Crippen LogP contribution in [0.3, 0.4) is 0 Å². The molecule has 0 aromatic heterocycles. The highest BCUT2D eigenvalue weighted by molar-refractivity contribution is 5.93. The Hall–Kier alpha value is -2.44. The molecular formula is C15H17FN2O4. The van der Waals surface area contributed by atoms with Crippen molar-refractivity contribution in [2.24, 2.45) is 0 Å². The molecule has 0 spiro atoms. The topological polar surface area (TPSA) is 84.5 Å². The molecule has 6 nitrogen and oxygen atoms in total. The van der Waals surface area contributed by atoms with E-state index in [1.54, 1.807) is 6.07 Å². The summed E-state index contributed by atoms with van der Waals surface area (Å²) in [5, 5.41) is 5.07. The van der Waals surface area contributed by atoms with Gasteiger partial charge < -0.3 is 15.4 Å². The summed E-state index contributed by atoms with van der Waals surface area (Å²) in [6, 6.07) is 4.19. The molecule has 2 atom stereocenters. The number of benzene rings is 1. The van der Waals surface area contributed by atoms with Crippen LogP contribution in [0.1, 0.15) is 18.4 Å². The van der Waals surface area contributed by atoms with E-state index in [-0.39, 0.29) is 18.7 Å². The normalized spacial score (nSPS) is 18.5. The maximum atomic E-state index is 13.2. The Morgan fingerprint density at radius 2 is 2.27 bits per heavy atom. The molecule has 1 aliphatic rings. The fraction of sp³-hybridized carbons (Fsp3) is 0.400. The second-order valence-electron chi connectivity index (χ2n) is 5.08. The van der Waals surface area contributed by atoms with Gasteiger partial charge in [0.05, 0.1) is 7.11 Å². The number of halogens is 1. The Kier molecular flexibility index (Phi) is 5.08. The van der Waals surface area contributed by atoms with E-state index >= 15 is 0 Å². The van der Waals surface area contributed by atoms with Crippen molar-refractivity contribution < 1.29 is 23.5 Å². The largest absolute Gasteiger partial charge is 0.467 e. The van der Waals surface area contributed by atoms with Crippen molar-refractivity contribution in [1.82, 2.24) is 10.6 Å². The van der Waals surface area contributed by atoms with E-state index in [0.29, 0.717) is 12.0 Å². The van der Waals surface area contributed by atoms with Crippen molar-refractivity contribution in [3.63, 3.8) is 0 Å². The number of methoxy groups -OCH3 is 1. The summed E-state index contributed by atoms with van der Waals surface area (Å²) < 4.78 is 17.9. The second-order valence-corrected chi connectivity index (χ2v) is 5.08. The highest BCUT2D eigenvalue weighted by Crippen LogP contribution is 2.10. The minimum Gasteiger partial charge on any atom is -0.467 e. The molecule has 2 rings (SSSR count). The average Bonchev–Trinajstić information content (AvgIpc) is 2.92. The number of carbonyl (C=O) groups is 3. The van der Waals surface area contributed by atoms with Crippen LogP contribution in [0.25, 0.3) is 0 Å². The lowest BCUT2D eigenvalue weighted by atomic mass is 10.1. The van der Waals surface area contributed by atoms with Gasteiger partial charge in [0.15, 0.2) is 0 Å². The van der Waals surface area contributed by atoms with Crippen molar-refractivity contribution >= 4 is 17.8 Å². The molecule has 1 aromatic rings. The molecule has 2 N–H and O–H groups in total. The number of carbonyl (C=O) groups excluding carboxylic acids is 3. The van der Waals surface area contributed by atoms with Crippen LogP contribution >= 0.6 is 0 Å². The summed E-state index contributed by atoms with van der Waals surface area (Å²) in [6.07, 6.45) is 0.778. The lowest BCUT2D eigenvalue weighted by Gasteiger charge is -2.19. The van der Waals surface area contributed by atoms with Gasteiger partial charge in [0.1, 0.15) is 17.9 Å². The zero-order valence-electron chi connectivity index (χ0n) is 12.1.